The molecule has 0 saturated carbocycles. The zero-order valence-corrected chi connectivity index (χ0v) is 11.8. The second kappa shape index (κ2) is 7.06. The minimum Gasteiger partial charge on any atom is -0.466 e. The maximum absolute atomic E-state index is 11.8. The summed E-state index contributed by atoms with van der Waals surface area (Å²) in [5.41, 5.74) is 1.85. The maximum atomic E-state index is 11.8. The highest BCUT2D eigenvalue weighted by molar-refractivity contribution is 5.72. The number of esters is 1. The molecular weight excluding hydrogens is 252 g/mol. The molecular formula is C16H20N2O2. The molecule has 1 aromatic rings. The highest BCUT2D eigenvalue weighted by atomic mass is 16.5. The summed E-state index contributed by atoms with van der Waals surface area (Å²) in [7, 11) is 0. The standard InChI is InChI=1S/C16H20N2O2/c1-2-20-16(19)15-4-3-9-18(12-15)11-14-7-5-13(10-17)6-8-14/h5-8,15H,2-4,9,11-12H2,1H3/t15-/m1/s1. The molecule has 0 spiro atoms. The monoisotopic (exact) mass is 272 g/mol. The van der Waals surface area contributed by atoms with Crippen LogP contribution in [0.3, 0.4) is 0 Å². The van der Waals surface area contributed by atoms with Gasteiger partial charge >= 0.3 is 5.97 Å². The Morgan fingerprint density at radius 3 is 2.85 bits per heavy atom. The van der Waals surface area contributed by atoms with E-state index in [0.717, 1.165) is 32.5 Å². The average molecular weight is 272 g/mol. The molecule has 1 saturated heterocycles. The maximum Gasteiger partial charge on any atom is 0.310 e. The highest BCUT2D eigenvalue weighted by Gasteiger charge is 2.26. The van der Waals surface area contributed by atoms with Crippen LogP contribution < -0.4 is 0 Å². The first-order chi connectivity index (χ1) is 9.72. The topological polar surface area (TPSA) is 53.3 Å². The fraction of sp³-hybridized carbons (Fsp3) is 0.500. The Kier molecular flexibility index (Phi) is 5.14. The Bertz CT molecular complexity index is 490. The van der Waals surface area contributed by atoms with Crippen LogP contribution in [0.2, 0.25) is 0 Å². The van der Waals surface area contributed by atoms with Gasteiger partial charge in [-0.1, -0.05) is 12.1 Å². The summed E-state index contributed by atoms with van der Waals surface area (Å²) in [5.74, 6) is -0.0703. The number of ether oxygens (including phenoxy) is 1. The Morgan fingerprint density at radius 1 is 1.45 bits per heavy atom. The number of carbonyl (C=O) groups excluding carboxylic acids is 1. The second-order valence-corrected chi connectivity index (χ2v) is 5.14. The van der Waals surface area contributed by atoms with E-state index in [1.54, 1.807) is 0 Å². The summed E-state index contributed by atoms with van der Waals surface area (Å²) in [6, 6.07) is 9.75. The molecule has 1 aliphatic heterocycles. The van der Waals surface area contributed by atoms with E-state index in [-0.39, 0.29) is 11.9 Å². The lowest BCUT2D eigenvalue weighted by molar-refractivity contribution is -0.150. The van der Waals surface area contributed by atoms with Gasteiger partial charge in [-0.25, -0.2) is 0 Å². The summed E-state index contributed by atoms with van der Waals surface area (Å²) in [5, 5.41) is 8.78. The molecule has 106 valence electrons. The van der Waals surface area contributed by atoms with Gasteiger partial charge in [0.15, 0.2) is 0 Å². The smallest absolute Gasteiger partial charge is 0.310 e. The van der Waals surface area contributed by atoms with Crippen molar-refractivity contribution in [2.45, 2.75) is 26.3 Å². The second-order valence-electron chi connectivity index (χ2n) is 5.14. The molecule has 2 rings (SSSR count). The molecule has 1 aliphatic rings. The largest absolute Gasteiger partial charge is 0.466 e. The van der Waals surface area contributed by atoms with Gasteiger partial charge in [-0.2, -0.15) is 5.26 Å². The molecule has 1 heterocycles. The lowest BCUT2D eigenvalue weighted by Crippen LogP contribution is -2.38. The van der Waals surface area contributed by atoms with Gasteiger partial charge in [-0.05, 0) is 44.0 Å². The number of rotatable bonds is 4. The lowest BCUT2D eigenvalue weighted by atomic mass is 9.97. The number of hydrogen-bond acceptors (Lipinski definition) is 4. The molecule has 0 aromatic heterocycles. The van der Waals surface area contributed by atoms with Crippen LogP contribution in [-0.2, 0) is 16.1 Å². The minimum absolute atomic E-state index is 0.00193. The van der Waals surface area contributed by atoms with E-state index in [2.05, 4.69) is 11.0 Å². The number of benzene rings is 1. The van der Waals surface area contributed by atoms with Crippen molar-refractivity contribution >= 4 is 5.97 Å². The van der Waals surface area contributed by atoms with Gasteiger partial charge in [-0.3, -0.25) is 9.69 Å². The zero-order chi connectivity index (χ0) is 14.4. The molecule has 0 unspecified atom stereocenters. The molecule has 0 radical (unpaired) electrons. The van der Waals surface area contributed by atoms with Crippen LogP contribution in [0.25, 0.3) is 0 Å². The molecule has 0 bridgehead atoms. The van der Waals surface area contributed by atoms with Crippen molar-refractivity contribution in [1.29, 1.82) is 5.26 Å². The molecule has 4 heteroatoms. The first-order valence-electron chi connectivity index (χ1n) is 7.11. The van der Waals surface area contributed by atoms with Crippen LogP contribution in [-0.4, -0.2) is 30.6 Å². The first kappa shape index (κ1) is 14.5. The predicted octanol–water partition coefficient (Wildman–Crippen LogP) is 2.33. The van der Waals surface area contributed by atoms with E-state index < -0.39 is 0 Å². The SMILES string of the molecule is CCOC(=O)[C@@H]1CCCN(Cc2ccc(C#N)cc2)C1. The van der Waals surface area contributed by atoms with Crippen LogP contribution >= 0.6 is 0 Å². The van der Waals surface area contributed by atoms with Crippen molar-refractivity contribution < 1.29 is 9.53 Å². The summed E-state index contributed by atoms with van der Waals surface area (Å²) >= 11 is 0. The molecule has 20 heavy (non-hydrogen) atoms. The minimum atomic E-state index is -0.0722. The third kappa shape index (κ3) is 3.82. The summed E-state index contributed by atoms with van der Waals surface area (Å²) in [4.78, 5) is 14.1. The summed E-state index contributed by atoms with van der Waals surface area (Å²) in [6.45, 7) is 4.89. The normalized spacial score (nSPS) is 19.3. The van der Waals surface area contributed by atoms with Gasteiger partial charge < -0.3 is 4.74 Å². The Hall–Kier alpha value is -1.86. The highest BCUT2D eigenvalue weighted by Crippen LogP contribution is 2.20. The molecule has 0 N–H and O–H groups in total. The van der Waals surface area contributed by atoms with Crippen LogP contribution in [0, 0.1) is 17.2 Å². The van der Waals surface area contributed by atoms with E-state index in [0.29, 0.717) is 12.2 Å². The van der Waals surface area contributed by atoms with E-state index in [1.807, 2.05) is 31.2 Å². The third-order valence-corrected chi connectivity index (χ3v) is 3.61. The van der Waals surface area contributed by atoms with Gasteiger partial charge in [0.2, 0.25) is 0 Å². The molecule has 1 fully saturated rings. The van der Waals surface area contributed by atoms with Crippen molar-refractivity contribution in [3.05, 3.63) is 35.4 Å². The van der Waals surface area contributed by atoms with Crippen molar-refractivity contribution in [2.75, 3.05) is 19.7 Å². The van der Waals surface area contributed by atoms with Crippen molar-refractivity contribution in [2.24, 2.45) is 5.92 Å². The zero-order valence-electron chi connectivity index (χ0n) is 11.8. The molecule has 1 aromatic carbocycles. The van der Waals surface area contributed by atoms with Crippen molar-refractivity contribution in [3.8, 4) is 6.07 Å². The van der Waals surface area contributed by atoms with Gasteiger partial charge in [0.25, 0.3) is 0 Å². The Morgan fingerprint density at radius 2 is 2.20 bits per heavy atom. The lowest BCUT2D eigenvalue weighted by Gasteiger charge is -2.31. The summed E-state index contributed by atoms with van der Waals surface area (Å²) < 4.78 is 5.11. The fourth-order valence-electron chi connectivity index (χ4n) is 2.59. The van der Waals surface area contributed by atoms with Crippen molar-refractivity contribution in [3.63, 3.8) is 0 Å². The number of likely N-dealkylation sites (tertiary alicyclic amines) is 1. The first-order valence-corrected chi connectivity index (χ1v) is 7.11. The van der Waals surface area contributed by atoms with Crippen LogP contribution in [0.4, 0.5) is 0 Å². The quantitative estimate of drug-likeness (QED) is 0.789. The third-order valence-electron chi connectivity index (χ3n) is 3.61. The van der Waals surface area contributed by atoms with Gasteiger partial charge in [0, 0.05) is 13.1 Å². The van der Waals surface area contributed by atoms with E-state index in [4.69, 9.17) is 10.00 Å². The van der Waals surface area contributed by atoms with Gasteiger partial charge in [-0.15, -0.1) is 0 Å². The van der Waals surface area contributed by atoms with Crippen LogP contribution in [0.5, 0.6) is 0 Å². The van der Waals surface area contributed by atoms with Gasteiger partial charge in [0.1, 0.15) is 0 Å². The molecule has 0 aliphatic carbocycles. The molecule has 1 atom stereocenters. The molecule has 4 nitrogen and oxygen atoms in total. The number of nitriles is 1. The Labute approximate surface area is 120 Å². The molecule has 0 amide bonds. The summed E-state index contributed by atoms with van der Waals surface area (Å²) in [6.07, 6.45) is 1.95. The number of piperidine rings is 1. The van der Waals surface area contributed by atoms with E-state index in [9.17, 15) is 4.79 Å². The fourth-order valence-corrected chi connectivity index (χ4v) is 2.59. The van der Waals surface area contributed by atoms with Crippen LogP contribution in [0.15, 0.2) is 24.3 Å². The number of hydrogen-bond donors (Lipinski definition) is 0. The number of carbonyl (C=O) groups is 1. The van der Waals surface area contributed by atoms with E-state index >= 15 is 0 Å². The van der Waals surface area contributed by atoms with Crippen LogP contribution in [0.1, 0.15) is 30.9 Å². The predicted molar refractivity (Wildman–Crippen MR) is 75.8 cm³/mol. The average Bonchev–Trinajstić information content (AvgIpc) is 2.48. The van der Waals surface area contributed by atoms with Crippen molar-refractivity contribution in [1.82, 2.24) is 4.90 Å². The van der Waals surface area contributed by atoms with E-state index in [1.165, 1.54) is 5.56 Å². The Balaban J connectivity index is 1.92. The number of nitrogens with zero attached hydrogens (tertiary/aromatic N) is 2. The van der Waals surface area contributed by atoms with Gasteiger partial charge in [0.05, 0.1) is 24.2 Å².